The van der Waals surface area contributed by atoms with Crippen LogP contribution in [0.2, 0.25) is 0 Å². The van der Waals surface area contributed by atoms with Crippen LogP contribution in [0.1, 0.15) is 51.4 Å². The van der Waals surface area contributed by atoms with Gasteiger partial charge in [-0.05, 0) is 38.3 Å². The highest BCUT2D eigenvalue weighted by atomic mass is 15.2. The Morgan fingerprint density at radius 2 is 1.55 bits per heavy atom. The van der Waals surface area contributed by atoms with Crippen molar-refractivity contribution in [3.05, 3.63) is 0 Å². The first kappa shape index (κ1) is 14.8. The number of rotatable bonds is 5. The van der Waals surface area contributed by atoms with E-state index in [0.717, 1.165) is 12.0 Å². The molecular formula is C17H33N3. The Morgan fingerprint density at radius 3 is 2.25 bits per heavy atom. The second kappa shape index (κ2) is 7.77. The first-order chi connectivity index (χ1) is 9.92. The second-order valence-electron chi connectivity index (χ2n) is 7.19. The van der Waals surface area contributed by atoms with Crippen LogP contribution in [0.3, 0.4) is 0 Å². The molecular weight excluding hydrogens is 246 g/mol. The fourth-order valence-corrected chi connectivity index (χ4v) is 4.45. The third kappa shape index (κ3) is 4.19. The average Bonchev–Trinajstić information content (AvgIpc) is 3.03. The fraction of sp³-hybridized carbons (Fsp3) is 1.00. The Labute approximate surface area is 125 Å². The summed E-state index contributed by atoms with van der Waals surface area (Å²) in [7, 11) is 0. The van der Waals surface area contributed by atoms with Crippen LogP contribution in [0, 0.1) is 5.92 Å². The van der Waals surface area contributed by atoms with Crippen molar-refractivity contribution >= 4 is 0 Å². The molecule has 2 heterocycles. The average molecular weight is 279 g/mol. The zero-order chi connectivity index (χ0) is 13.6. The number of likely N-dealkylation sites (tertiary alicyclic amines) is 1. The van der Waals surface area contributed by atoms with Crippen LogP contribution in [-0.2, 0) is 0 Å². The lowest BCUT2D eigenvalue weighted by atomic mass is 9.84. The van der Waals surface area contributed by atoms with Gasteiger partial charge in [0.15, 0.2) is 0 Å². The normalized spacial score (nSPS) is 28.8. The van der Waals surface area contributed by atoms with E-state index in [9.17, 15) is 0 Å². The molecule has 0 aromatic heterocycles. The highest BCUT2D eigenvalue weighted by Gasteiger charge is 2.27. The van der Waals surface area contributed by atoms with Crippen LogP contribution in [0.15, 0.2) is 0 Å². The predicted molar refractivity (Wildman–Crippen MR) is 85.1 cm³/mol. The van der Waals surface area contributed by atoms with Gasteiger partial charge in [0.1, 0.15) is 0 Å². The molecule has 1 unspecified atom stereocenters. The monoisotopic (exact) mass is 279 g/mol. The summed E-state index contributed by atoms with van der Waals surface area (Å²) in [4.78, 5) is 5.53. The molecule has 3 nitrogen and oxygen atoms in total. The molecule has 20 heavy (non-hydrogen) atoms. The summed E-state index contributed by atoms with van der Waals surface area (Å²) in [6.45, 7) is 8.96. The Hall–Kier alpha value is -0.120. The zero-order valence-electron chi connectivity index (χ0n) is 13.2. The van der Waals surface area contributed by atoms with E-state index in [1.54, 1.807) is 0 Å². The highest BCUT2D eigenvalue weighted by molar-refractivity contribution is 4.84. The molecule has 3 rings (SSSR count). The minimum atomic E-state index is 0.846. The van der Waals surface area contributed by atoms with Crippen LogP contribution in [0.5, 0.6) is 0 Å². The molecule has 1 N–H and O–H groups in total. The molecule has 3 heteroatoms. The lowest BCUT2D eigenvalue weighted by Gasteiger charge is -2.37. The zero-order valence-corrected chi connectivity index (χ0v) is 13.2. The van der Waals surface area contributed by atoms with E-state index in [1.807, 2.05) is 0 Å². The molecule has 1 aliphatic carbocycles. The Balaban J connectivity index is 1.54. The Morgan fingerprint density at radius 1 is 0.850 bits per heavy atom. The van der Waals surface area contributed by atoms with E-state index in [0.29, 0.717) is 0 Å². The summed E-state index contributed by atoms with van der Waals surface area (Å²) in [6.07, 6.45) is 11.8. The van der Waals surface area contributed by atoms with Gasteiger partial charge in [-0.15, -0.1) is 0 Å². The van der Waals surface area contributed by atoms with E-state index in [-0.39, 0.29) is 0 Å². The van der Waals surface area contributed by atoms with Crippen LogP contribution in [0.4, 0.5) is 0 Å². The maximum absolute atomic E-state index is 3.48. The summed E-state index contributed by atoms with van der Waals surface area (Å²) in [5, 5.41) is 3.48. The van der Waals surface area contributed by atoms with Crippen molar-refractivity contribution in [1.29, 1.82) is 0 Å². The van der Waals surface area contributed by atoms with Crippen LogP contribution >= 0.6 is 0 Å². The topological polar surface area (TPSA) is 18.5 Å². The van der Waals surface area contributed by atoms with Gasteiger partial charge in [0.2, 0.25) is 0 Å². The molecule has 1 atom stereocenters. The maximum Gasteiger partial charge on any atom is 0.0225 e. The first-order valence-electron chi connectivity index (χ1n) is 9.09. The van der Waals surface area contributed by atoms with Gasteiger partial charge in [-0.25, -0.2) is 0 Å². The van der Waals surface area contributed by atoms with Crippen molar-refractivity contribution in [2.75, 3.05) is 45.8 Å². The molecule has 0 aromatic carbocycles. The molecule has 0 radical (unpaired) electrons. The number of nitrogens with one attached hydrogen (secondary N) is 1. The minimum absolute atomic E-state index is 0.846. The molecule has 0 spiro atoms. The molecule has 2 saturated heterocycles. The van der Waals surface area contributed by atoms with Crippen molar-refractivity contribution in [2.45, 2.75) is 57.4 Å². The third-order valence-corrected chi connectivity index (χ3v) is 5.67. The number of hydrogen-bond donors (Lipinski definition) is 1. The summed E-state index contributed by atoms with van der Waals surface area (Å²) < 4.78 is 0. The number of hydrogen-bond acceptors (Lipinski definition) is 3. The lowest BCUT2D eigenvalue weighted by Crippen LogP contribution is -2.50. The van der Waals surface area contributed by atoms with Gasteiger partial charge < -0.3 is 5.32 Å². The van der Waals surface area contributed by atoms with Gasteiger partial charge >= 0.3 is 0 Å². The standard InChI is InChI=1S/C17H33N3/c1-2-6-16(7-3-1)14-17(20-10-4-5-11-20)15-19-12-8-18-9-13-19/h16-18H,1-15H2. The molecule has 0 amide bonds. The minimum Gasteiger partial charge on any atom is -0.314 e. The second-order valence-corrected chi connectivity index (χ2v) is 7.19. The van der Waals surface area contributed by atoms with E-state index >= 15 is 0 Å². The van der Waals surface area contributed by atoms with Gasteiger partial charge in [-0.2, -0.15) is 0 Å². The molecule has 2 aliphatic heterocycles. The number of nitrogens with zero attached hydrogens (tertiary/aromatic N) is 2. The summed E-state index contributed by atoms with van der Waals surface area (Å²) in [6, 6.07) is 0.846. The van der Waals surface area contributed by atoms with Crippen LogP contribution < -0.4 is 5.32 Å². The van der Waals surface area contributed by atoms with Crippen molar-refractivity contribution in [2.24, 2.45) is 5.92 Å². The highest BCUT2D eigenvalue weighted by Crippen LogP contribution is 2.30. The van der Waals surface area contributed by atoms with Gasteiger partial charge in [-0.1, -0.05) is 32.1 Å². The van der Waals surface area contributed by atoms with Crippen LogP contribution in [-0.4, -0.2) is 61.7 Å². The van der Waals surface area contributed by atoms with E-state index in [2.05, 4.69) is 15.1 Å². The molecule has 0 aromatic rings. The molecule has 1 saturated carbocycles. The summed E-state index contributed by atoms with van der Waals surface area (Å²) >= 11 is 0. The SMILES string of the molecule is C1CCC(CC(CN2CCNCC2)N2CCCC2)CC1. The fourth-order valence-electron chi connectivity index (χ4n) is 4.45. The molecule has 116 valence electrons. The van der Waals surface area contributed by atoms with E-state index in [1.165, 1.54) is 97.2 Å². The predicted octanol–water partition coefficient (Wildman–Crippen LogP) is 2.33. The number of piperazine rings is 1. The largest absolute Gasteiger partial charge is 0.314 e. The molecule has 3 aliphatic rings. The first-order valence-corrected chi connectivity index (χ1v) is 9.09. The Kier molecular flexibility index (Phi) is 5.75. The Bertz CT molecular complexity index is 243. The maximum atomic E-state index is 3.48. The van der Waals surface area contributed by atoms with Crippen molar-refractivity contribution in [3.8, 4) is 0 Å². The van der Waals surface area contributed by atoms with Crippen LogP contribution in [0.25, 0.3) is 0 Å². The molecule has 3 fully saturated rings. The molecule has 0 bridgehead atoms. The quantitative estimate of drug-likeness (QED) is 0.833. The van der Waals surface area contributed by atoms with Crippen molar-refractivity contribution < 1.29 is 0 Å². The lowest BCUT2D eigenvalue weighted by molar-refractivity contribution is 0.122. The van der Waals surface area contributed by atoms with Gasteiger partial charge in [-0.3, -0.25) is 9.80 Å². The van der Waals surface area contributed by atoms with Gasteiger partial charge in [0, 0.05) is 38.8 Å². The summed E-state index contributed by atoms with van der Waals surface area (Å²) in [5.74, 6) is 1.03. The third-order valence-electron chi connectivity index (χ3n) is 5.67. The smallest absolute Gasteiger partial charge is 0.0225 e. The van der Waals surface area contributed by atoms with Gasteiger partial charge in [0.25, 0.3) is 0 Å². The van der Waals surface area contributed by atoms with E-state index < -0.39 is 0 Å². The van der Waals surface area contributed by atoms with Gasteiger partial charge in [0.05, 0.1) is 0 Å². The van der Waals surface area contributed by atoms with Crippen molar-refractivity contribution in [1.82, 2.24) is 15.1 Å². The van der Waals surface area contributed by atoms with E-state index in [4.69, 9.17) is 0 Å². The summed E-state index contributed by atoms with van der Waals surface area (Å²) in [5.41, 5.74) is 0. The van der Waals surface area contributed by atoms with Crippen molar-refractivity contribution in [3.63, 3.8) is 0 Å².